The summed E-state index contributed by atoms with van der Waals surface area (Å²) in [6, 6.07) is 7.12. The molecule has 1 saturated heterocycles. The van der Waals surface area contributed by atoms with E-state index >= 15 is 0 Å². The minimum atomic E-state index is -0.265. The summed E-state index contributed by atoms with van der Waals surface area (Å²) >= 11 is 0. The molecule has 1 aromatic rings. The fourth-order valence-electron chi connectivity index (χ4n) is 2.25. The van der Waals surface area contributed by atoms with Crippen molar-refractivity contribution in [1.82, 2.24) is 10.2 Å². The van der Waals surface area contributed by atoms with E-state index in [2.05, 4.69) is 10.6 Å². The Morgan fingerprint density at radius 1 is 1.13 bits per heavy atom. The molecule has 126 valence electrons. The largest absolute Gasteiger partial charge is 0.378 e. The Labute approximate surface area is 137 Å². The number of hydrogen-bond acceptors (Lipinski definition) is 4. The van der Waals surface area contributed by atoms with Crippen LogP contribution in [0.3, 0.4) is 0 Å². The number of carbonyl (C=O) groups is 2. The molecule has 0 aliphatic carbocycles. The average Bonchev–Trinajstić information content (AvgIpc) is 2.52. The highest BCUT2D eigenvalue weighted by Crippen LogP contribution is 2.11. The van der Waals surface area contributed by atoms with Gasteiger partial charge in [-0.15, -0.1) is 0 Å². The van der Waals surface area contributed by atoms with Gasteiger partial charge in [-0.1, -0.05) is 0 Å². The summed E-state index contributed by atoms with van der Waals surface area (Å²) in [6.45, 7) is 8.56. The standard InChI is InChI=1S/C17H25N3O3/c1-17(2,3)19-16(22)13-4-6-14(7-5-13)18-12-15(21)20-8-10-23-11-9-20/h4-7,18H,8-12H2,1-3H3,(H,19,22). The molecule has 2 N–H and O–H groups in total. The lowest BCUT2D eigenvalue weighted by atomic mass is 10.1. The van der Waals surface area contributed by atoms with E-state index in [-0.39, 0.29) is 23.9 Å². The summed E-state index contributed by atoms with van der Waals surface area (Å²) in [5, 5.41) is 6.01. The molecule has 1 aromatic carbocycles. The quantitative estimate of drug-likeness (QED) is 0.882. The molecule has 0 aromatic heterocycles. The molecule has 0 spiro atoms. The van der Waals surface area contributed by atoms with Crippen molar-refractivity contribution >= 4 is 17.5 Å². The molecule has 0 radical (unpaired) electrons. The molecule has 2 rings (SSSR count). The number of nitrogens with zero attached hydrogens (tertiary/aromatic N) is 1. The molecular weight excluding hydrogens is 294 g/mol. The molecule has 6 nitrogen and oxygen atoms in total. The van der Waals surface area contributed by atoms with Gasteiger partial charge in [0, 0.05) is 29.9 Å². The Morgan fingerprint density at radius 3 is 2.30 bits per heavy atom. The van der Waals surface area contributed by atoms with Crippen molar-refractivity contribution < 1.29 is 14.3 Å². The molecular formula is C17H25N3O3. The van der Waals surface area contributed by atoms with Gasteiger partial charge in [0.05, 0.1) is 19.8 Å². The first-order chi connectivity index (χ1) is 10.8. The average molecular weight is 319 g/mol. The summed E-state index contributed by atoms with van der Waals surface area (Å²) in [4.78, 5) is 25.9. The van der Waals surface area contributed by atoms with Crippen LogP contribution in [-0.2, 0) is 9.53 Å². The third kappa shape index (κ3) is 5.56. The Morgan fingerprint density at radius 2 is 1.74 bits per heavy atom. The van der Waals surface area contributed by atoms with Crippen LogP contribution in [0.4, 0.5) is 5.69 Å². The van der Waals surface area contributed by atoms with Crippen molar-refractivity contribution in [3.05, 3.63) is 29.8 Å². The van der Waals surface area contributed by atoms with Crippen LogP contribution in [0.1, 0.15) is 31.1 Å². The molecule has 1 heterocycles. The predicted molar refractivity (Wildman–Crippen MR) is 89.5 cm³/mol. The maximum atomic E-state index is 12.0. The first-order valence-corrected chi connectivity index (χ1v) is 7.87. The van der Waals surface area contributed by atoms with Crippen LogP contribution in [0.5, 0.6) is 0 Å². The van der Waals surface area contributed by atoms with Gasteiger partial charge in [-0.05, 0) is 45.0 Å². The van der Waals surface area contributed by atoms with Crippen molar-refractivity contribution in [2.75, 3.05) is 38.2 Å². The fourth-order valence-corrected chi connectivity index (χ4v) is 2.25. The lowest BCUT2D eigenvalue weighted by Crippen LogP contribution is -2.43. The number of rotatable bonds is 4. The first kappa shape index (κ1) is 17.3. The Kier molecular flexibility index (Phi) is 5.60. The van der Waals surface area contributed by atoms with E-state index in [9.17, 15) is 9.59 Å². The van der Waals surface area contributed by atoms with Crippen molar-refractivity contribution in [1.29, 1.82) is 0 Å². The number of amides is 2. The smallest absolute Gasteiger partial charge is 0.251 e. The maximum absolute atomic E-state index is 12.0. The molecule has 0 saturated carbocycles. The third-order valence-electron chi connectivity index (χ3n) is 3.44. The summed E-state index contributed by atoms with van der Waals surface area (Å²) in [6.07, 6.45) is 0. The topological polar surface area (TPSA) is 70.7 Å². The molecule has 0 atom stereocenters. The molecule has 0 unspecified atom stereocenters. The highest BCUT2D eigenvalue weighted by molar-refractivity contribution is 5.95. The highest BCUT2D eigenvalue weighted by Gasteiger charge is 2.17. The van der Waals surface area contributed by atoms with Gasteiger partial charge >= 0.3 is 0 Å². The number of ether oxygens (including phenoxy) is 1. The summed E-state index contributed by atoms with van der Waals surface area (Å²) in [5.41, 5.74) is 1.15. The number of nitrogens with one attached hydrogen (secondary N) is 2. The molecule has 2 amide bonds. The number of morpholine rings is 1. The minimum absolute atomic E-state index is 0.0582. The van der Waals surface area contributed by atoms with E-state index in [1.165, 1.54) is 0 Å². The molecule has 1 fully saturated rings. The highest BCUT2D eigenvalue weighted by atomic mass is 16.5. The zero-order valence-electron chi connectivity index (χ0n) is 14.0. The van der Waals surface area contributed by atoms with Gasteiger partial charge in [0.15, 0.2) is 0 Å². The zero-order chi connectivity index (χ0) is 16.9. The number of hydrogen-bond donors (Lipinski definition) is 2. The van der Waals surface area contributed by atoms with Gasteiger partial charge in [0.25, 0.3) is 5.91 Å². The maximum Gasteiger partial charge on any atom is 0.251 e. The van der Waals surface area contributed by atoms with Gasteiger partial charge < -0.3 is 20.3 Å². The van der Waals surface area contributed by atoms with E-state index < -0.39 is 0 Å². The summed E-state index contributed by atoms with van der Waals surface area (Å²) in [5.74, 6) is -0.0451. The minimum Gasteiger partial charge on any atom is -0.378 e. The van der Waals surface area contributed by atoms with Crippen molar-refractivity contribution in [3.63, 3.8) is 0 Å². The fraction of sp³-hybridized carbons (Fsp3) is 0.529. The Hall–Kier alpha value is -2.08. The second-order valence-electron chi connectivity index (χ2n) is 6.63. The third-order valence-corrected chi connectivity index (χ3v) is 3.44. The number of carbonyl (C=O) groups excluding carboxylic acids is 2. The van der Waals surface area contributed by atoms with Crippen LogP contribution in [0.25, 0.3) is 0 Å². The van der Waals surface area contributed by atoms with Gasteiger partial charge in [0.1, 0.15) is 0 Å². The van der Waals surface area contributed by atoms with E-state index in [0.29, 0.717) is 31.9 Å². The molecule has 23 heavy (non-hydrogen) atoms. The lowest BCUT2D eigenvalue weighted by Gasteiger charge is -2.27. The van der Waals surface area contributed by atoms with Crippen LogP contribution in [-0.4, -0.2) is 55.1 Å². The summed E-state index contributed by atoms with van der Waals surface area (Å²) < 4.78 is 5.23. The van der Waals surface area contributed by atoms with Crippen molar-refractivity contribution in [3.8, 4) is 0 Å². The molecule has 0 bridgehead atoms. The van der Waals surface area contributed by atoms with Crippen LogP contribution >= 0.6 is 0 Å². The van der Waals surface area contributed by atoms with Crippen LogP contribution in [0.15, 0.2) is 24.3 Å². The molecule has 1 aliphatic rings. The van der Waals surface area contributed by atoms with Crippen LogP contribution in [0.2, 0.25) is 0 Å². The van der Waals surface area contributed by atoms with Crippen molar-refractivity contribution in [2.45, 2.75) is 26.3 Å². The molecule has 6 heteroatoms. The van der Waals surface area contributed by atoms with Crippen LogP contribution in [0, 0.1) is 0 Å². The number of benzene rings is 1. The predicted octanol–water partition coefficient (Wildman–Crippen LogP) is 1.49. The Balaban J connectivity index is 1.85. The van der Waals surface area contributed by atoms with E-state index in [1.54, 1.807) is 17.0 Å². The number of anilines is 1. The summed E-state index contributed by atoms with van der Waals surface area (Å²) in [7, 11) is 0. The second kappa shape index (κ2) is 7.46. The SMILES string of the molecule is CC(C)(C)NC(=O)c1ccc(NCC(=O)N2CCOCC2)cc1. The first-order valence-electron chi connectivity index (χ1n) is 7.87. The Bertz CT molecular complexity index is 543. The zero-order valence-corrected chi connectivity index (χ0v) is 14.0. The normalized spacial score (nSPS) is 15.2. The van der Waals surface area contributed by atoms with Crippen LogP contribution < -0.4 is 10.6 Å². The van der Waals surface area contributed by atoms with Gasteiger partial charge in [-0.3, -0.25) is 9.59 Å². The lowest BCUT2D eigenvalue weighted by molar-refractivity contribution is -0.133. The van der Waals surface area contributed by atoms with Crippen molar-refractivity contribution in [2.24, 2.45) is 0 Å². The van der Waals surface area contributed by atoms with E-state index in [0.717, 1.165) is 5.69 Å². The van der Waals surface area contributed by atoms with E-state index in [4.69, 9.17) is 4.74 Å². The monoisotopic (exact) mass is 319 g/mol. The second-order valence-corrected chi connectivity index (χ2v) is 6.63. The van der Waals surface area contributed by atoms with Gasteiger partial charge in [-0.25, -0.2) is 0 Å². The molecule has 1 aliphatic heterocycles. The van der Waals surface area contributed by atoms with Gasteiger partial charge in [0.2, 0.25) is 5.91 Å². The van der Waals surface area contributed by atoms with E-state index in [1.807, 2.05) is 32.9 Å². The van der Waals surface area contributed by atoms with Gasteiger partial charge in [-0.2, -0.15) is 0 Å².